The summed E-state index contributed by atoms with van der Waals surface area (Å²) in [6.45, 7) is 2.40. The molecule has 2 aromatic heterocycles. The molecule has 0 fully saturated rings. The number of rotatable bonds is 5. The summed E-state index contributed by atoms with van der Waals surface area (Å²) in [6, 6.07) is 6.10. The van der Waals surface area contributed by atoms with Gasteiger partial charge in [-0.2, -0.15) is 5.10 Å². The largest absolute Gasteiger partial charge is 0.478 e. The molecular formula is C20H18F2N4O2. The van der Waals surface area contributed by atoms with E-state index >= 15 is 0 Å². The number of ether oxygens (including phenoxy) is 1. The summed E-state index contributed by atoms with van der Waals surface area (Å²) < 4.78 is 33.9. The van der Waals surface area contributed by atoms with Gasteiger partial charge in [-0.1, -0.05) is 0 Å². The van der Waals surface area contributed by atoms with Crippen LogP contribution in [-0.4, -0.2) is 27.3 Å². The number of aromatic nitrogens is 3. The standard InChI is InChI=1S/C20H18F2N4O2/c1-2-28-19-10-15(5-6-23-19)26-11-16-17(3-4-18(16)25-26)24-20(27)12-7-13(21)9-14(22)8-12/h5-11,17H,2-4H2,1H3,(H,24,27)/t17-/m1/s1. The quantitative estimate of drug-likeness (QED) is 0.732. The van der Waals surface area contributed by atoms with Crippen LogP contribution in [-0.2, 0) is 6.42 Å². The highest BCUT2D eigenvalue weighted by atomic mass is 19.1. The van der Waals surface area contributed by atoms with Crippen molar-refractivity contribution < 1.29 is 18.3 Å². The third kappa shape index (κ3) is 3.58. The number of aryl methyl sites for hydroxylation is 1. The van der Waals surface area contributed by atoms with Crippen molar-refractivity contribution in [2.75, 3.05) is 6.61 Å². The fraction of sp³-hybridized carbons (Fsp3) is 0.250. The lowest BCUT2D eigenvalue weighted by molar-refractivity contribution is 0.0935. The predicted octanol–water partition coefficient (Wildman–Crippen LogP) is 3.36. The highest BCUT2D eigenvalue weighted by molar-refractivity contribution is 5.94. The van der Waals surface area contributed by atoms with Crippen molar-refractivity contribution in [1.29, 1.82) is 0 Å². The Morgan fingerprint density at radius 3 is 2.82 bits per heavy atom. The van der Waals surface area contributed by atoms with Crippen molar-refractivity contribution in [3.63, 3.8) is 0 Å². The second kappa shape index (κ2) is 7.38. The third-order valence-corrected chi connectivity index (χ3v) is 4.57. The van der Waals surface area contributed by atoms with E-state index in [4.69, 9.17) is 4.74 Å². The van der Waals surface area contributed by atoms with E-state index in [0.717, 1.165) is 35.1 Å². The van der Waals surface area contributed by atoms with Gasteiger partial charge in [-0.25, -0.2) is 18.4 Å². The van der Waals surface area contributed by atoms with Crippen LogP contribution in [0.15, 0.2) is 42.7 Å². The summed E-state index contributed by atoms with van der Waals surface area (Å²) in [7, 11) is 0. The van der Waals surface area contributed by atoms with Gasteiger partial charge in [0.05, 0.1) is 24.0 Å². The lowest BCUT2D eigenvalue weighted by Gasteiger charge is -2.13. The van der Waals surface area contributed by atoms with Crippen molar-refractivity contribution in [1.82, 2.24) is 20.1 Å². The monoisotopic (exact) mass is 384 g/mol. The van der Waals surface area contributed by atoms with Gasteiger partial charge in [0.15, 0.2) is 0 Å². The number of halogens is 2. The van der Waals surface area contributed by atoms with Crippen LogP contribution in [0.5, 0.6) is 5.88 Å². The van der Waals surface area contributed by atoms with Crippen LogP contribution in [0.3, 0.4) is 0 Å². The Labute approximate surface area is 160 Å². The van der Waals surface area contributed by atoms with Crippen LogP contribution >= 0.6 is 0 Å². The van der Waals surface area contributed by atoms with Crippen LogP contribution < -0.4 is 10.1 Å². The average Bonchev–Trinajstić information content (AvgIpc) is 3.23. The molecule has 1 aliphatic rings. The Morgan fingerprint density at radius 2 is 2.07 bits per heavy atom. The second-order valence-corrected chi connectivity index (χ2v) is 6.48. The van der Waals surface area contributed by atoms with Crippen LogP contribution in [0.4, 0.5) is 8.78 Å². The van der Waals surface area contributed by atoms with E-state index in [1.165, 1.54) is 0 Å². The molecule has 0 aliphatic heterocycles. The number of hydrogen-bond donors (Lipinski definition) is 1. The van der Waals surface area contributed by atoms with Gasteiger partial charge in [-0.3, -0.25) is 4.79 Å². The van der Waals surface area contributed by atoms with Gasteiger partial charge in [0.25, 0.3) is 5.91 Å². The summed E-state index contributed by atoms with van der Waals surface area (Å²) in [4.78, 5) is 16.6. The molecule has 8 heteroatoms. The van der Waals surface area contributed by atoms with Gasteiger partial charge < -0.3 is 10.1 Å². The zero-order valence-corrected chi connectivity index (χ0v) is 15.2. The Kier molecular flexibility index (Phi) is 4.77. The molecule has 6 nitrogen and oxygen atoms in total. The summed E-state index contributed by atoms with van der Waals surface area (Å²) in [5.74, 6) is -1.58. The molecule has 1 amide bonds. The number of nitrogens with one attached hydrogen (secondary N) is 1. The molecule has 4 rings (SSSR count). The van der Waals surface area contributed by atoms with Crippen molar-refractivity contribution in [2.24, 2.45) is 0 Å². The van der Waals surface area contributed by atoms with Crippen LogP contribution in [0.1, 0.15) is 41.0 Å². The molecule has 3 aromatic rings. The van der Waals surface area contributed by atoms with E-state index in [9.17, 15) is 13.6 Å². The summed E-state index contributed by atoms with van der Waals surface area (Å²) >= 11 is 0. The van der Waals surface area contributed by atoms with Gasteiger partial charge >= 0.3 is 0 Å². The first-order valence-electron chi connectivity index (χ1n) is 8.98. The topological polar surface area (TPSA) is 69.0 Å². The minimum absolute atomic E-state index is 0.0474. The Bertz CT molecular complexity index is 1010. The zero-order valence-electron chi connectivity index (χ0n) is 15.2. The number of carbonyl (C=O) groups is 1. The van der Waals surface area contributed by atoms with E-state index in [0.29, 0.717) is 25.3 Å². The lowest BCUT2D eigenvalue weighted by atomic mass is 10.1. The molecule has 0 unspecified atom stereocenters. The molecule has 0 saturated heterocycles. The average molecular weight is 384 g/mol. The molecule has 1 N–H and O–H groups in total. The number of carbonyl (C=O) groups excluding carboxylic acids is 1. The molecule has 0 spiro atoms. The molecule has 1 atom stereocenters. The molecule has 2 heterocycles. The SMILES string of the molecule is CCOc1cc(-n2cc3c(n2)CC[C@H]3NC(=O)c2cc(F)cc(F)c2)ccn1. The molecule has 1 aromatic carbocycles. The smallest absolute Gasteiger partial charge is 0.251 e. The molecule has 0 saturated carbocycles. The number of fused-ring (bicyclic) bond motifs is 1. The first-order valence-corrected chi connectivity index (χ1v) is 8.98. The summed E-state index contributed by atoms with van der Waals surface area (Å²) in [5, 5.41) is 7.42. The maximum Gasteiger partial charge on any atom is 0.251 e. The van der Waals surface area contributed by atoms with E-state index in [1.807, 2.05) is 19.2 Å². The third-order valence-electron chi connectivity index (χ3n) is 4.57. The Hall–Kier alpha value is -3.29. The molecule has 0 bridgehead atoms. The van der Waals surface area contributed by atoms with E-state index in [1.54, 1.807) is 16.9 Å². The highest BCUT2D eigenvalue weighted by Crippen LogP contribution is 2.31. The van der Waals surface area contributed by atoms with E-state index in [-0.39, 0.29) is 11.6 Å². The van der Waals surface area contributed by atoms with Crippen molar-refractivity contribution in [3.05, 3.63) is 71.2 Å². The predicted molar refractivity (Wildman–Crippen MR) is 97.4 cm³/mol. The highest BCUT2D eigenvalue weighted by Gasteiger charge is 2.28. The lowest BCUT2D eigenvalue weighted by Crippen LogP contribution is -2.27. The molecule has 144 valence electrons. The normalized spacial score (nSPS) is 15.3. The fourth-order valence-electron chi connectivity index (χ4n) is 3.32. The van der Waals surface area contributed by atoms with E-state index < -0.39 is 17.5 Å². The van der Waals surface area contributed by atoms with Crippen molar-refractivity contribution >= 4 is 5.91 Å². The van der Waals surface area contributed by atoms with E-state index in [2.05, 4.69) is 15.4 Å². The zero-order chi connectivity index (χ0) is 19.7. The first kappa shape index (κ1) is 18.1. The minimum atomic E-state index is -0.784. The number of benzene rings is 1. The first-order chi connectivity index (χ1) is 13.5. The number of hydrogen-bond acceptors (Lipinski definition) is 4. The van der Waals surface area contributed by atoms with Crippen LogP contribution in [0.25, 0.3) is 5.69 Å². The number of amides is 1. The van der Waals surface area contributed by atoms with Gasteiger partial charge in [0.2, 0.25) is 5.88 Å². The van der Waals surface area contributed by atoms with Gasteiger partial charge in [-0.05, 0) is 38.0 Å². The van der Waals surface area contributed by atoms with Gasteiger partial charge in [-0.15, -0.1) is 0 Å². The van der Waals surface area contributed by atoms with Gasteiger partial charge in [0, 0.05) is 35.7 Å². The number of nitrogens with zero attached hydrogens (tertiary/aromatic N) is 3. The van der Waals surface area contributed by atoms with Crippen LogP contribution in [0.2, 0.25) is 0 Å². The summed E-state index contributed by atoms with van der Waals surface area (Å²) in [5.41, 5.74) is 2.52. The van der Waals surface area contributed by atoms with Gasteiger partial charge in [0.1, 0.15) is 11.6 Å². The summed E-state index contributed by atoms with van der Waals surface area (Å²) in [6.07, 6.45) is 4.88. The maximum atomic E-state index is 13.4. The van der Waals surface area contributed by atoms with Crippen molar-refractivity contribution in [2.45, 2.75) is 25.8 Å². The minimum Gasteiger partial charge on any atom is -0.478 e. The van der Waals surface area contributed by atoms with Crippen LogP contribution in [0, 0.1) is 11.6 Å². The maximum absolute atomic E-state index is 13.4. The molecular weight excluding hydrogens is 366 g/mol. The van der Waals surface area contributed by atoms with Crippen molar-refractivity contribution in [3.8, 4) is 11.6 Å². The Morgan fingerprint density at radius 1 is 1.29 bits per heavy atom. The second-order valence-electron chi connectivity index (χ2n) is 6.48. The molecule has 0 radical (unpaired) electrons. The molecule has 28 heavy (non-hydrogen) atoms. The Balaban J connectivity index is 1.55. The fourth-order valence-corrected chi connectivity index (χ4v) is 3.32. The molecule has 1 aliphatic carbocycles. The number of pyridine rings is 1.